The van der Waals surface area contributed by atoms with E-state index in [4.69, 9.17) is 4.74 Å². The van der Waals surface area contributed by atoms with Gasteiger partial charge in [-0.2, -0.15) is 4.31 Å². The Labute approximate surface area is 206 Å². The van der Waals surface area contributed by atoms with E-state index in [1.165, 1.54) is 10.5 Å². The summed E-state index contributed by atoms with van der Waals surface area (Å²) in [6.07, 6.45) is 3.71. The number of rotatable bonds is 7. The zero-order valence-electron chi connectivity index (χ0n) is 19.6. The van der Waals surface area contributed by atoms with Crippen molar-refractivity contribution in [1.82, 2.24) is 13.8 Å². The van der Waals surface area contributed by atoms with Crippen LogP contribution in [0.3, 0.4) is 0 Å². The third-order valence-electron chi connectivity index (χ3n) is 6.64. The van der Waals surface area contributed by atoms with Gasteiger partial charge in [0.15, 0.2) is 0 Å². The quantitative estimate of drug-likeness (QED) is 0.505. The monoisotopic (exact) mass is 494 g/mol. The summed E-state index contributed by atoms with van der Waals surface area (Å²) in [4.78, 5) is 15.9. The molecule has 0 saturated carbocycles. The molecule has 5 rings (SSSR count). The zero-order valence-corrected chi connectivity index (χ0v) is 20.4. The molecule has 2 aliphatic rings. The Kier molecular flexibility index (Phi) is 6.79. The molecule has 3 heterocycles. The molecule has 2 saturated heterocycles. The van der Waals surface area contributed by atoms with Crippen molar-refractivity contribution in [2.24, 2.45) is 0 Å². The summed E-state index contributed by atoms with van der Waals surface area (Å²) in [5.41, 5.74) is 3.25. The van der Waals surface area contributed by atoms with Crippen LogP contribution in [0.5, 0.6) is 0 Å². The summed E-state index contributed by atoms with van der Waals surface area (Å²) in [6, 6.07) is 21.8. The smallest absolute Gasteiger partial charge is 0.410 e. The van der Waals surface area contributed by atoms with Gasteiger partial charge in [0, 0.05) is 58.2 Å². The van der Waals surface area contributed by atoms with E-state index in [-0.39, 0.29) is 19.7 Å². The fourth-order valence-electron chi connectivity index (χ4n) is 4.51. The van der Waals surface area contributed by atoms with Gasteiger partial charge in [-0.1, -0.05) is 60.7 Å². The first-order chi connectivity index (χ1) is 17.0. The van der Waals surface area contributed by atoms with Crippen LogP contribution < -0.4 is 4.90 Å². The highest BCUT2D eigenvalue weighted by Crippen LogP contribution is 2.24. The molecule has 0 aliphatic carbocycles. The molecular weight excluding hydrogens is 464 g/mol. The Bertz CT molecular complexity index is 1230. The summed E-state index contributed by atoms with van der Waals surface area (Å²) in [5.74, 6) is 0. The number of aromatic nitrogens is 1. The van der Waals surface area contributed by atoms with E-state index in [0.717, 1.165) is 17.8 Å². The number of benzene rings is 2. The van der Waals surface area contributed by atoms with Gasteiger partial charge in [-0.15, -0.1) is 0 Å². The lowest BCUT2D eigenvalue weighted by molar-refractivity contribution is 0.0759. The van der Waals surface area contributed by atoms with Crippen molar-refractivity contribution in [3.8, 4) is 0 Å². The molecule has 0 atom stereocenters. The molecule has 2 aliphatic heterocycles. The Morgan fingerprint density at radius 1 is 0.857 bits per heavy atom. The van der Waals surface area contributed by atoms with Crippen molar-refractivity contribution in [1.29, 1.82) is 0 Å². The second kappa shape index (κ2) is 10.1. The Hall–Kier alpha value is -3.30. The number of piperazine rings is 1. The highest BCUT2D eigenvalue weighted by atomic mass is 32.2. The van der Waals surface area contributed by atoms with Crippen LogP contribution in [0.2, 0.25) is 0 Å². The Morgan fingerprint density at radius 2 is 1.49 bits per heavy atom. The first kappa shape index (κ1) is 23.4. The van der Waals surface area contributed by atoms with Gasteiger partial charge in [-0.25, -0.2) is 13.2 Å². The summed E-state index contributed by atoms with van der Waals surface area (Å²) < 4.78 is 35.2. The first-order valence-corrected chi connectivity index (χ1v) is 13.4. The molecule has 0 radical (unpaired) electrons. The van der Waals surface area contributed by atoms with E-state index in [1.807, 2.05) is 48.5 Å². The maximum absolute atomic E-state index is 13.1. The third kappa shape index (κ3) is 5.36. The van der Waals surface area contributed by atoms with Gasteiger partial charge in [-0.3, -0.25) is 0 Å². The molecule has 0 bridgehead atoms. The predicted octanol–water partition coefficient (Wildman–Crippen LogP) is 3.01. The van der Waals surface area contributed by atoms with Crippen LogP contribution in [0.1, 0.15) is 11.1 Å². The van der Waals surface area contributed by atoms with Crippen LogP contribution >= 0.6 is 0 Å². The molecule has 8 nitrogen and oxygen atoms in total. The fourth-order valence-corrected chi connectivity index (χ4v) is 6.34. The second-order valence-electron chi connectivity index (χ2n) is 9.03. The van der Waals surface area contributed by atoms with Crippen molar-refractivity contribution in [2.45, 2.75) is 18.4 Å². The predicted molar refractivity (Wildman–Crippen MR) is 135 cm³/mol. The standard InChI is InChI=1S/C26H30N4O4S/c31-26(34-21-23-9-5-2-6-10-23)29-19-25(20-29)35(32,33)30-15-13-28(14-16-30)24-11-12-27(18-24)17-22-7-3-1-4-8-22/h1-12,18,25H,13-17,19-21H2. The molecule has 35 heavy (non-hydrogen) atoms. The minimum absolute atomic E-state index is 0.179. The Balaban J connectivity index is 1.09. The normalized spacial score (nSPS) is 17.3. The van der Waals surface area contributed by atoms with Crippen LogP contribution in [0.4, 0.5) is 10.5 Å². The topological polar surface area (TPSA) is 75.1 Å². The number of likely N-dealkylation sites (tertiary alicyclic amines) is 1. The van der Waals surface area contributed by atoms with E-state index >= 15 is 0 Å². The zero-order chi connectivity index (χ0) is 24.3. The summed E-state index contributed by atoms with van der Waals surface area (Å²) in [5, 5.41) is -0.565. The number of carbonyl (C=O) groups is 1. The summed E-state index contributed by atoms with van der Waals surface area (Å²) in [7, 11) is -3.45. The van der Waals surface area contributed by atoms with Gasteiger partial charge in [-0.05, 0) is 17.2 Å². The van der Waals surface area contributed by atoms with Crippen LogP contribution in [-0.2, 0) is 27.9 Å². The lowest BCUT2D eigenvalue weighted by Gasteiger charge is -2.42. The number of nitrogens with zero attached hydrogens (tertiary/aromatic N) is 4. The first-order valence-electron chi connectivity index (χ1n) is 11.9. The number of sulfonamides is 1. The maximum atomic E-state index is 13.1. The maximum Gasteiger partial charge on any atom is 0.410 e. The Morgan fingerprint density at radius 3 is 2.14 bits per heavy atom. The molecule has 9 heteroatoms. The van der Waals surface area contributed by atoms with Gasteiger partial charge < -0.3 is 19.1 Å². The summed E-state index contributed by atoms with van der Waals surface area (Å²) >= 11 is 0. The van der Waals surface area contributed by atoms with Crippen molar-refractivity contribution < 1.29 is 17.9 Å². The second-order valence-corrected chi connectivity index (χ2v) is 11.2. The van der Waals surface area contributed by atoms with Crippen LogP contribution in [0.25, 0.3) is 0 Å². The molecule has 0 unspecified atom stereocenters. The minimum atomic E-state index is -3.45. The van der Waals surface area contributed by atoms with Crippen molar-refractivity contribution in [3.63, 3.8) is 0 Å². The van der Waals surface area contributed by atoms with E-state index < -0.39 is 21.4 Å². The number of hydrogen-bond donors (Lipinski definition) is 0. The number of amides is 1. The third-order valence-corrected chi connectivity index (χ3v) is 8.86. The molecule has 2 fully saturated rings. The molecular formula is C26H30N4O4S. The molecule has 0 spiro atoms. The lowest BCUT2D eigenvalue weighted by Crippen LogP contribution is -2.62. The number of hydrogen-bond acceptors (Lipinski definition) is 5. The lowest BCUT2D eigenvalue weighted by atomic mass is 10.2. The van der Waals surface area contributed by atoms with Gasteiger partial charge in [0.25, 0.3) is 0 Å². The van der Waals surface area contributed by atoms with Crippen LogP contribution in [0, 0.1) is 0 Å². The minimum Gasteiger partial charge on any atom is -0.445 e. The van der Waals surface area contributed by atoms with Crippen molar-refractivity contribution in [3.05, 3.63) is 90.3 Å². The summed E-state index contributed by atoms with van der Waals surface area (Å²) in [6.45, 7) is 3.53. The van der Waals surface area contributed by atoms with E-state index in [1.54, 1.807) is 4.31 Å². The van der Waals surface area contributed by atoms with Gasteiger partial charge in [0.2, 0.25) is 10.0 Å². The van der Waals surface area contributed by atoms with Gasteiger partial charge in [0.05, 0.1) is 5.69 Å². The average Bonchev–Trinajstić information content (AvgIpc) is 3.31. The molecule has 1 aromatic heterocycles. The van der Waals surface area contributed by atoms with Crippen LogP contribution in [-0.4, -0.2) is 72.8 Å². The van der Waals surface area contributed by atoms with Crippen LogP contribution in [0.15, 0.2) is 79.1 Å². The van der Waals surface area contributed by atoms with E-state index in [9.17, 15) is 13.2 Å². The molecule has 3 aromatic rings. The highest BCUT2D eigenvalue weighted by Gasteiger charge is 2.44. The molecule has 1 amide bonds. The number of ether oxygens (including phenoxy) is 1. The highest BCUT2D eigenvalue weighted by molar-refractivity contribution is 7.89. The largest absolute Gasteiger partial charge is 0.445 e. The van der Waals surface area contributed by atoms with Gasteiger partial charge >= 0.3 is 6.09 Å². The fraction of sp³-hybridized carbons (Fsp3) is 0.346. The molecule has 2 aromatic carbocycles. The molecule has 184 valence electrons. The van der Waals surface area contributed by atoms with Crippen molar-refractivity contribution in [2.75, 3.05) is 44.2 Å². The van der Waals surface area contributed by atoms with Crippen molar-refractivity contribution >= 4 is 21.8 Å². The van der Waals surface area contributed by atoms with E-state index in [0.29, 0.717) is 26.2 Å². The number of anilines is 1. The average molecular weight is 495 g/mol. The number of carbonyl (C=O) groups excluding carboxylic acids is 1. The molecule has 0 N–H and O–H groups in total. The van der Waals surface area contributed by atoms with E-state index in [2.05, 4.69) is 40.1 Å². The SMILES string of the molecule is O=C(OCc1ccccc1)N1CC(S(=O)(=O)N2CCN(c3ccn(Cc4ccccc4)c3)CC2)C1. The van der Waals surface area contributed by atoms with Gasteiger partial charge in [0.1, 0.15) is 11.9 Å².